The maximum absolute atomic E-state index is 12.9. The summed E-state index contributed by atoms with van der Waals surface area (Å²) in [6.45, 7) is 0. The maximum atomic E-state index is 12.9. The molecule has 0 aliphatic rings. The molecule has 0 bridgehead atoms. The van der Waals surface area contributed by atoms with Gasteiger partial charge in [-0.25, -0.2) is 4.21 Å². The Morgan fingerprint density at radius 3 is 2.59 bits per heavy atom. The highest BCUT2D eigenvalue weighted by atomic mass is 32.2. The van der Waals surface area contributed by atoms with Gasteiger partial charge in [0.2, 0.25) is 5.82 Å². The van der Waals surface area contributed by atoms with Gasteiger partial charge < -0.3 is 9.26 Å². The Kier molecular flexibility index (Phi) is 4.87. The molecule has 7 nitrogen and oxygen atoms in total. The first kappa shape index (κ1) is 18.8. The van der Waals surface area contributed by atoms with Crippen LogP contribution in [0.25, 0.3) is 11.5 Å². The molecule has 1 atom stereocenters. The lowest BCUT2D eigenvalue weighted by Crippen LogP contribution is -2.04. The Labute approximate surface area is 152 Å². The number of methoxy groups -OCH3 is 1. The molecule has 3 aromatic rings. The first-order chi connectivity index (χ1) is 12.7. The number of benzene rings is 1. The predicted octanol–water partition coefficient (Wildman–Crippen LogP) is 3.95. The number of hydrogen-bond acceptors (Lipinski definition) is 7. The number of hydrogen-bond donors (Lipinski definition) is 0. The topological polar surface area (TPSA) is 90.5 Å². The summed E-state index contributed by atoms with van der Waals surface area (Å²) < 4.78 is 63.9. The Balaban J connectivity index is 1.89. The minimum Gasteiger partial charge on any atom is -0.497 e. The zero-order valence-electron chi connectivity index (χ0n) is 14.1. The summed E-state index contributed by atoms with van der Waals surface area (Å²) in [6, 6.07) is 9.51. The summed E-state index contributed by atoms with van der Waals surface area (Å²) in [6.07, 6.45) is -2.00. The fraction of sp³-hybridized carbons (Fsp3) is 0.188. The van der Waals surface area contributed by atoms with Gasteiger partial charge in [0.05, 0.1) is 33.6 Å². The van der Waals surface area contributed by atoms with Gasteiger partial charge in [-0.1, -0.05) is 11.2 Å². The molecule has 0 saturated heterocycles. The van der Waals surface area contributed by atoms with Crippen molar-refractivity contribution in [2.75, 3.05) is 13.4 Å². The van der Waals surface area contributed by atoms with E-state index in [4.69, 9.17) is 4.74 Å². The second kappa shape index (κ2) is 6.99. The number of rotatable bonds is 4. The van der Waals surface area contributed by atoms with E-state index in [1.807, 2.05) is 0 Å². The lowest BCUT2D eigenvalue weighted by Gasteiger charge is -2.06. The van der Waals surface area contributed by atoms with Gasteiger partial charge in [-0.3, -0.25) is 4.98 Å². The lowest BCUT2D eigenvalue weighted by atomic mass is 10.3. The Bertz CT molecular complexity index is 1070. The van der Waals surface area contributed by atoms with Crippen molar-refractivity contribution in [1.29, 1.82) is 0 Å². The molecule has 27 heavy (non-hydrogen) atoms. The van der Waals surface area contributed by atoms with E-state index in [0.29, 0.717) is 10.6 Å². The number of aromatic nitrogens is 3. The fourth-order valence-corrected chi connectivity index (χ4v) is 3.39. The van der Waals surface area contributed by atoms with E-state index in [1.165, 1.54) is 31.7 Å². The number of ether oxygens (including phenoxy) is 1. The van der Waals surface area contributed by atoms with Gasteiger partial charge in [0.15, 0.2) is 0 Å². The molecule has 0 spiro atoms. The SMILES string of the molecule is COc1cccc(S(C)(=O)=Nc2ccc(-c3noc(C(F)(F)F)n3)nc2)c1. The van der Waals surface area contributed by atoms with Gasteiger partial charge in [-0.2, -0.15) is 22.5 Å². The normalized spacial score (nSPS) is 13.8. The number of halogens is 3. The molecule has 0 aliphatic heterocycles. The van der Waals surface area contributed by atoms with Crippen LogP contribution in [0.15, 0.2) is 56.4 Å². The van der Waals surface area contributed by atoms with E-state index in [9.17, 15) is 17.4 Å². The second-order valence-corrected chi connectivity index (χ2v) is 7.65. The first-order valence-electron chi connectivity index (χ1n) is 7.42. The van der Waals surface area contributed by atoms with Gasteiger partial charge >= 0.3 is 12.1 Å². The maximum Gasteiger partial charge on any atom is 0.471 e. The van der Waals surface area contributed by atoms with Crippen molar-refractivity contribution in [3.63, 3.8) is 0 Å². The molecule has 0 saturated carbocycles. The highest BCUT2D eigenvalue weighted by Gasteiger charge is 2.38. The average molecular weight is 398 g/mol. The monoisotopic (exact) mass is 398 g/mol. The van der Waals surface area contributed by atoms with Crippen LogP contribution in [0.2, 0.25) is 0 Å². The largest absolute Gasteiger partial charge is 0.497 e. The van der Waals surface area contributed by atoms with Crippen LogP contribution in [0.3, 0.4) is 0 Å². The molecular weight excluding hydrogens is 385 g/mol. The fourth-order valence-electron chi connectivity index (χ4n) is 2.11. The molecule has 1 unspecified atom stereocenters. The third kappa shape index (κ3) is 4.25. The second-order valence-electron chi connectivity index (χ2n) is 5.40. The van der Waals surface area contributed by atoms with E-state index in [0.717, 1.165) is 0 Å². The molecule has 0 N–H and O–H groups in total. The summed E-state index contributed by atoms with van der Waals surface area (Å²) in [5, 5.41) is 3.25. The highest BCUT2D eigenvalue weighted by molar-refractivity contribution is 7.93. The van der Waals surface area contributed by atoms with Crippen LogP contribution in [0.4, 0.5) is 18.9 Å². The molecule has 0 radical (unpaired) electrons. The van der Waals surface area contributed by atoms with Crippen LogP contribution in [0.1, 0.15) is 5.89 Å². The van der Waals surface area contributed by atoms with Gasteiger partial charge in [0, 0.05) is 6.26 Å². The van der Waals surface area contributed by atoms with Crippen LogP contribution in [-0.2, 0) is 15.9 Å². The van der Waals surface area contributed by atoms with Crippen molar-refractivity contribution in [2.24, 2.45) is 4.36 Å². The summed E-state index contributed by atoms with van der Waals surface area (Å²) in [5.41, 5.74) is 0.353. The van der Waals surface area contributed by atoms with Gasteiger partial charge in [0.1, 0.15) is 11.4 Å². The molecule has 0 amide bonds. The van der Waals surface area contributed by atoms with Crippen LogP contribution in [0, 0.1) is 0 Å². The Morgan fingerprint density at radius 1 is 1.22 bits per heavy atom. The zero-order chi connectivity index (χ0) is 19.7. The third-order valence-corrected chi connectivity index (χ3v) is 5.09. The molecule has 142 valence electrons. The highest BCUT2D eigenvalue weighted by Crippen LogP contribution is 2.29. The van der Waals surface area contributed by atoms with Crippen molar-refractivity contribution in [3.8, 4) is 17.3 Å². The quantitative estimate of drug-likeness (QED) is 0.661. The van der Waals surface area contributed by atoms with Gasteiger partial charge in [-0.05, 0) is 30.3 Å². The van der Waals surface area contributed by atoms with Crippen LogP contribution >= 0.6 is 0 Å². The average Bonchev–Trinajstić information content (AvgIpc) is 3.13. The summed E-state index contributed by atoms with van der Waals surface area (Å²) in [4.78, 5) is 7.69. The molecule has 11 heteroatoms. The zero-order valence-corrected chi connectivity index (χ0v) is 14.9. The first-order valence-corrected chi connectivity index (χ1v) is 9.35. The molecular formula is C16H13F3N4O3S. The summed E-state index contributed by atoms with van der Waals surface area (Å²) >= 11 is 0. The molecule has 0 aliphatic carbocycles. The van der Waals surface area contributed by atoms with Crippen LogP contribution in [-0.4, -0.2) is 32.7 Å². The standard InChI is InChI=1S/C16H13F3N4O3S/c1-25-11-4-3-5-12(8-11)27(2,24)23-10-6-7-13(20-9-10)14-21-15(26-22-14)16(17,18)19/h3-9H,1-2H3. The molecule has 0 fully saturated rings. The van der Waals surface area contributed by atoms with Crippen molar-refractivity contribution < 1.29 is 26.6 Å². The van der Waals surface area contributed by atoms with E-state index >= 15 is 0 Å². The number of alkyl halides is 3. The van der Waals surface area contributed by atoms with Gasteiger partial charge in [0.25, 0.3) is 0 Å². The lowest BCUT2D eigenvalue weighted by molar-refractivity contribution is -0.159. The molecule has 2 aromatic heterocycles. The van der Waals surface area contributed by atoms with Crippen molar-refractivity contribution in [3.05, 3.63) is 48.5 Å². The Morgan fingerprint density at radius 2 is 2.00 bits per heavy atom. The van der Waals surface area contributed by atoms with E-state index in [2.05, 4.69) is 24.0 Å². The van der Waals surface area contributed by atoms with Crippen molar-refractivity contribution >= 4 is 15.4 Å². The van der Waals surface area contributed by atoms with Crippen LogP contribution in [0.5, 0.6) is 5.75 Å². The van der Waals surface area contributed by atoms with Crippen molar-refractivity contribution in [1.82, 2.24) is 15.1 Å². The third-order valence-electron chi connectivity index (χ3n) is 3.40. The minimum atomic E-state index is -4.73. The smallest absolute Gasteiger partial charge is 0.471 e. The van der Waals surface area contributed by atoms with E-state index < -0.39 is 21.8 Å². The van der Waals surface area contributed by atoms with Crippen LogP contribution < -0.4 is 4.74 Å². The summed E-state index contributed by atoms with van der Waals surface area (Å²) in [5.74, 6) is -1.22. The predicted molar refractivity (Wildman–Crippen MR) is 89.9 cm³/mol. The minimum absolute atomic E-state index is 0.0668. The molecule has 3 rings (SSSR count). The van der Waals surface area contributed by atoms with E-state index in [-0.39, 0.29) is 17.2 Å². The molecule has 2 heterocycles. The molecule has 1 aromatic carbocycles. The number of pyridine rings is 1. The number of nitrogens with zero attached hydrogens (tertiary/aromatic N) is 4. The van der Waals surface area contributed by atoms with E-state index in [1.54, 1.807) is 24.3 Å². The Hall–Kier alpha value is -2.95. The van der Waals surface area contributed by atoms with Crippen molar-refractivity contribution in [2.45, 2.75) is 11.1 Å². The summed E-state index contributed by atoms with van der Waals surface area (Å²) in [7, 11) is -1.28. The van der Waals surface area contributed by atoms with Gasteiger partial charge in [-0.15, -0.1) is 0 Å².